The second-order valence-electron chi connectivity index (χ2n) is 8.16. The number of carboxylic acid groups (broad SMARTS) is 1. The molecule has 174 valence electrons. The summed E-state index contributed by atoms with van der Waals surface area (Å²) in [5, 5.41) is 9.45. The van der Waals surface area contributed by atoms with E-state index in [1.807, 2.05) is 50.8 Å². The molecule has 0 saturated heterocycles. The Labute approximate surface area is 192 Å². The van der Waals surface area contributed by atoms with E-state index in [4.69, 9.17) is 0 Å². The molecule has 33 heavy (non-hydrogen) atoms. The second-order valence-corrected chi connectivity index (χ2v) is 8.16. The first-order valence-electron chi connectivity index (χ1n) is 11.2. The Morgan fingerprint density at radius 3 is 2.30 bits per heavy atom. The first-order valence-corrected chi connectivity index (χ1v) is 11.2. The minimum absolute atomic E-state index is 0.0507. The van der Waals surface area contributed by atoms with Crippen molar-refractivity contribution in [3.8, 4) is 5.69 Å². The predicted molar refractivity (Wildman–Crippen MR) is 129 cm³/mol. The number of nitrogens with zero attached hydrogens (tertiary/aromatic N) is 4. The van der Waals surface area contributed by atoms with Gasteiger partial charge in [-0.1, -0.05) is 38.1 Å². The average Bonchev–Trinajstić information content (AvgIpc) is 2.78. The van der Waals surface area contributed by atoms with Crippen molar-refractivity contribution in [1.82, 2.24) is 14.1 Å². The summed E-state index contributed by atoms with van der Waals surface area (Å²) in [6.07, 6.45) is 1.60. The van der Waals surface area contributed by atoms with Crippen molar-refractivity contribution in [2.24, 2.45) is 0 Å². The van der Waals surface area contributed by atoms with Gasteiger partial charge in [0.15, 0.2) is 0 Å². The Morgan fingerprint density at radius 1 is 1.00 bits per heavy atom. The number of hydrogen-bond donors (Lipinski definition) is 1. The fourth-order valence-corrected chi connectivity index (χ4v) is 3.77. The summed E-state index contributed by atoms with van der Waals surface area (Å²) in [5.41, 5.74) is 2.23. The summed E-state index contributed by atoms with van der Waals surface area (Å²) in [6, 6.07) is 11.9. The molecule has 0 fully saturated rings. The molecule has 0 atom stereocenters. The van der Waals surface area contributed by atoms with E-state index in [9.17, 15) is 19.5 Å². The maximum absolute atomic E-state index is 13.7. The molecule has 1 heterocycles. The number of carboxylic acids is 1. The SMILES string of the molecule is CCCN(CCC)c1nc(=O)n(Cc2ccc(C)c(C)c2)c(=O)n1-c1cccc(C(=O)O)c1. The van der Waals surface area contributed by atoms with E-state index >= 15 is 0 Å². The smallest absolute Gasteiger partial charge is 0.355 e. The van der Waals surface area contributed by atoms with Crippen LogP contribution in [0, 0.1) is 13.8 Å². The molecule has 2 aromatic carbocycles. The van der Waals surface area contributed by atoms with E-state index < -0.39 is 17.3 Å². The quantitative estimate of drug-likeness (QED) is 0.537. The van der Waals surface area contributed by atoms with E-state index in [1.54, 1.807) is 12.1 Å². The summed E-state index contributed by atoms with van der Waals surface area (Å²) in [5.74, 6) is -0.866. The summed E-state index contributed by atoms with van der Waals surface area (Å²) >= 11 is 0. The van der Waals surface area contributed by atoms with Crippen LogP contribution in [0.5, 0.6) is 0 Å². The summed E-state index contributed by atoms with van der Waals surface area (Å²) in [7, 11) is 0. The Kier molecular flexibility index (Phi) is 7.48. The van der Waals surface area contributed by atoms with Crippen LogP contribution in [0.4, 0.5) is 5.95 Å². The lowest BCUT2D eigenvalue weighted by atomic mass is 10.1. The van der Waals surface area contributed by atoms with Gasteiger partial charge in [0, 0.05) is 13.1 Å². The van der Waals surface area contributed by atoms with Gasteiger partial charge in [-0.2, -0.15) is 4.98 Å². The molecule has 0 amide bonds. The van der Waals surface area contributed by atoms with Crippen LogP contribution < -0.4 is 16.3 Å². The fourth-order valence-electron chi connectivity index (χ4n) is 3.77. The summed E-state index contributed by atoms with van der Waals surface area (Å²) in [6.45, 7) is 9.30. The van der Waals surface area contributed by atoms with Crippen molar-refractivity contribution >= 4 is 11.9 Å². The highest BCUT2D eigenvalue weighted by Gasteiger charge is 2.20. The lowest BCUT2D eigenvalue weighted by molar-refractivity contribution is 0.0697. The normalized spacial score (nSPS) is 10.9. The van der Waals surface area contributed by atoms with Crippen LogP contribution in [0.1, 0.15) is 53.7 Å². The minimum Gasteiger partial charge on any atom is -0.478 e. The maximum atomic E-state index is 13.7. The van der Waals surface area contributed by atoms with Gasteiger partial charge in [-0.05, 0) is 61.6 Å². The van der Waals surface area contributed by atoms with Gasteiger partial charge in [-0.15, -0.1) is 0 Å². The average molecular weight is 451 g/mol. The first kappa shape index (κ1) is 24.0. The zero-order chi connectivity index (χ0) is 24.1. The van der Waals surface area contributed by atoms with Crippen molar-refractivity contribution in [2.45, 2.75) is 47.1 Å². The summed E-state index contributed by atoms with van der Waals surface area (Å²) in [4.78, 5) is 44.4. The van der Waals surface area contributed by atoms with E-state index in [2.05, 4.69) is 4.98 Å². The van der Waals surface area contributed by atoms with Crippen LogP contribution in [0.15, 0.2) is 52.1 Å². The highest BCUT2D eigenvalue weighted by Crippen LogP contribution is 2.17. The third kappa shape index (κ3) is 5.22. The molecule has 3 aromatic rings. The van der Waals surface area contributed by atoms with Crippen molar-refractivity contribution in [2.75, 3.05) is 18.0 Å². The van der Waals surface area contributed by atoms with E-state index in [0.717, 1.165) is 34.1 Å². The first-order chi connectivity index (χ1) is 15.8. The van der Waals surface area contributed by atoms with E-state index in [1.165, 1.54) is 16.7 Å². The Bertz CT molecular complexity index is 1270. The Morgan fingerprint density at radius 2 is 1.70 bits per heavy atom. The number of aromatic nitrogens is 3. The Hall–Kier alpha value is -3.68. The molecule has 0 bridgehead atoms. The Balaban J connectivity index is 2.26. The number of carbonyl (C=O) groups is 1. The minimum atomic E-state index is -1.10. The molecule has 8 heteroatoms. The molecule has 0 unspecified atom stereocenters. The molecule has 0 aliphatic heterocycles. The third-order valence-corrected chi connectivity index (χ3v) is 5.58. The highest BCUT2D eigenvalue weighted by molar-refractivity contribution is 5.88. The van der Waals surface area contributed by atoms with Crippen LogP contribution in [0.3, 0.4) is 0 Å². The van der Waals surface area contributed by atoms with Gasteiger partial charge in [0.05, 0.1) is 17.8 Å². The summed E-state index contributed by atoms with van der Waals surface area (Å²) < 4.78 is 2.44. The number of rotatable bonds is 9. The number of aryl methyl sites for hydroxylation is 2. The van der Waals surface area contributed by atoms with Crippen molar-refractivity contribution in [3.63, 3.8) is 0 Å². The molecule has 8 nitrogen and oxygen atoms in total. The van der Waals surface area contributed by atoms with Gasteiger partial charge in [0.1, 0.15) is 0 Å². The largest absolute Gasteiger partial charge is 0.478 e. The zero-order valence-electron chi connectivity index (χ0n) is 19.5. The molecular formula is C25H30N4O4. The van der Waals surface area contributed by atoms with Gasteiger partial charge in [0.2, 0.25) is 5.95 Å². The molecular weight excluding hydrogens is 420 g/mol. The van der Waals surface area contributed by atoms with Crippen LogP contribution >= 0.6 is 0 Å². The van der Waals surface area contributed by atoms with E-state index in [-0.39, 0.29) is 18.1 Å². The number of hydrogen-bond acceptors (Lipinski definition) is 5. The van der Waals surface area contributed by atoms with Gasteiger partial charge in [0.25, 0.3) is 0 Å². The lowest BCUT2D eigenvalue weighted by Crippen LogP contribution is -2.45. The van der Waals surface area contributed by atoms with Crippen LogP contribution in [-0.4, -0.2) is 38.3 Å². The lowest BCUT2D eigenvalue weighted by Gasteiger charge is -2.26. The van der Waals surface area contributed by atoms with Gasteiger partial charge >= 0.3 is 17.3 Å². The number of anilines is 1. The van der Waals surface area contributed by atoms with Gasteiger partial charge in [-0.3, -0.25) is 0 Å². The molecule has 3 rings (SSSR count). The molecule has 0 saturated carbocycles. The molecule has 1 aromatic heterocycles. The van der Waals surface area contributed by atoms with Crippen LogP contribution in [0.2, 0.25) is 0 Å². The van der Waals surface area contributed by atoms with Crippen molar-refractivity contribution < 1.29 is 9.90 Å². The van der Waals surface area contributed by atoms with Gasteiger partial charge < -0.3 is 10.0 Å². The molecule has 1 N–H and O–H groups in total. The van der Waals surface area contributed by atoms with Crippen LogP contribution in [-0.2, 0) is 6.54 Å². The van der Waals surface area contributed by atoms with Crippen molar-refractivity contribution in [3.05, 3.63) is 85.7 Å². The second kappa shape index (κ2) is 10.3. The molecule has 0 radical (unpaired) electrons. The van der Waals surface area contributed by atoms with Crippen molar-refractivity contribution in [1.29, 1.82) is 0 Å². The molecule has 0 aliphatic carbocycles. The molecule has 0 aliphatic rings. The molecule has 0 spiro atoms. The number of aromatic carboxylic acids is 1. The predicted octanol–water partition coefficient (Wildman–Crippen LogP) is 3.38. The van der Waals surface area contributed by atoms with Gasteiger partial charge in [-0.25, -0.2) is 23.5 Å². The topological polar surface area (TPSA) is 97.4 Å². The van der Waals surface area contributed by atoms with E-state index in [0.29, 0.717) is 18.8 Å². The third-order valence-electron chi connectivity index (χ3n) is 5.58. The highest BCUT2D eigenvalue weighted by atomic mass is 16.4. The standard InChI is InChI=1S/C25H30N4O4/c1-5-12-27(13-6-2)23-26-24(32)28(16-19-11-10-17(3)18(4)14-19)25(33)29(23)21-9-7-8-20(15-21)22(30)31/h7-11,14-15H,5-6,12-13,16H2,1-4H3,(H,30,31). The fraction of sp³-hybridized carbons (Fsp3) is 0.360. The van der Waals surface area contributed by atoms with Crippen LogP contribution in [0.25, 0.3) is 5.69 Å². The maximum Gasteiger partial charge on any atom is 0.355 e. The number of benzene rings is 2. The zero-order valence-corrected chi connectivity index (χ0v) is 19.5. The monoisotopic (exact) mass is 450 g/mol.